The van der Waals surface area contributed by atoms with Crippen LogP contribution in [0, 0.1) is 13.8 Å². The minimum absolute atomic E-state index is 0.122. The Morgan fingerprint density at radius 1 is 1.28 bits per heavy atom. The Kier molecular flexibility index (Phi) is 5.22. The van der Waals surface area contributed by atoms with Crippen LogP contribution in [0.25, 0.3) is 0 Å². The van der Waals surface area contributed by atoms with Crippen molar-refractivity contribution >= 4 is 28.2 Å². The second kappa shape index (κ2) is 7.39. The molecule has 0 saturated carbocycles. The zero-order valence-corrected chi connectivity index (χ0v) is 15.5. The maximum absolute atomic E-state index is 12.4. The molecule has 1 aliphatic carbocycles. The lowest BCUT2D eigenvalue weighted by molar-refractivity contribution is -0.116. The largest absolute Gasteiger partial charge is 0.465 e. The van der Waals surface area contributed by atoms with Gasteiger partial charge in [0.2, 0.25) is 5.91 Å². The fraction of sp³-hybridized carbons (Fsp3) is 0.500. The SMILES string of the molecule is COC(=O)c1c(NC(=O)CCc2c(C)noc2C)sc2c1CCCC2. The molecule has 0 saturated heterocycles. The third-order valence-electron chi connectivity index (χ3n) is 4.60. The van der Waals surface area contributed by atoms with Gasteiger partial charge >= 0.3 is 5.97 Å². The van der Waals surface area contributed by atoms with Crippen LogP contribution in [-0.4, -0.2) is 24.1 Å². The Morgan fingerprint density at radius 3 is 2.72 bits per heavy atom. The van der Waals surface area contributed by atoms with E-state index in [9.17, 15) is 9.59 Å². The van der Waals surface area contributed by atoms with Crippen molar-refractivity contribution in [3.63, 3.8) is 0 Å². The molecule has 2 aromatic heterocycles. The zero-order valence-electron chi connectivity index (χ0n) is 14.7. The number of aromatic nitrogens is 1. The van der Waals surface area contributed by atoms with Crippen molar-refractivity contribution in [2.45, 2.75) is 52.4 Å². The maximum Gasteiger partial charge on any atom is 0.341 e. The first-order chi connectivity index (χ1) is 12.0. The van der Waals surface area contributed by atoms with Gasteiger partial charge in [0, 0.05) is 16.9 Å². The van der Waals surface area contributed by atoms with E-state index in [-0.39, 0.29) is 11.9 Å². The Morgan fingerprint density at radius 2 is 2.04 bits per heavy atom. The normalized spacial score (nSPS) is 13.4. The highest BCUT2D eigenvalue weighted by molar-refractivity contribution is 7.17. The monoisotopic (exact) mass is 362 g/mol. The molecule has 134 valence electrons. The third kappa shape index (κ3) is 3.61. The van der Waals surface area contributed by atoms with Gasteiger partial charge in [0.05, 0.1) is 18.4 Å². The van der Waals surface area contributed by atoms with Crippen LogP contribution in [-0.2, 0) is 28.8 Å². The summed E-state index contributed by atoms with van der Waals surface area (Å²) in [6.45, 7) is 3.71. The fourth-order valence-electron chi connectivity index (χ4n) is 3.26. The predicted molar refractivity (Wildman–Crippen MR) is 95.2 cm³/mol. The summed E-state index contributed by atoms with van der Waals surface area (Å²) in [6.07, 6.45) is 4.88. The molecular formula is C18H22N2O4S. The van der Waals surface area contributed by atoms with Gasteiger partial charge in [-0.05, 0) is 51.5 Å². The predicted octanol–water partition coefficient (Wildman–Crippen LogP) is 3.59. The molecular weight excluding hydrogens is 340 g/mol. The molecule has 0 fully saturated rings. The molecule has 0 aromatic carbocycles. The smallest absolute Gasteiger partial charge is 0.341 e. The van der Waals surface area contributed by atoms with E-state index in [1.165, 1.54) is 23.3 Å². The van der Waals surface area contributed by atoms with E-state index >= 15 is 0 Å². The number of hydrogen-bond donors (Lipinski definition) is 1. The lowest BCUT2D eigenvalue weighted by Crippen LogP contribution is -2.15. The minimum atomic E-state index is -0.375. The second-order valence-electron chi connectivity index (χ2n) is 6.26. The number of hydrogen-bond acceptors (Lipinski definition) is 6. The topological polar surface area (TPSA) is 81.4 Å². The van der Waals surface area contributed by atoms with E-state index in [0.29, 0.717) is 23.4 Å². The average Bonchev–Trinajstić information content (AvgIpc) is 3.12. The van der Waals surface area contributed by atoms with Gasteiger partial charge in [-0.3, -0.25) is 4.79 Å². The summed E-state index contributed by atoms with van der Waals surface area (Å²) in [5, 5.41) is 7.43. The molecule has 0 bridgehead atoms. The lowest BCUT2D eigenvalue weighted by Gasteiger charge is -2.11. The molecule has 2 aromatic rings. The number of fused-ring (bicyclic) bond motifs is 1. The third-order valence-corrected chi connectivity index (χ3v) is 5.80. The number of aryl methyl sites for hydroxylation is 3. The number of carbonyl (C=O) groups is 2. The first kappa shape index (κ1) is 17.7. The van der Waals surface area contributed by atoms with Crippen molar-refractivity contribution in [3.05, 3.63) is 33.0 Å². The summed E-state index contributed by atoms with van der Waals surface area (Å²) in [7, 11) is 1.37. The van der Waals surface area contributed by atoms with E-state index in [0.717, 1.165) is 48.3 Å². The molecule has 7 heteroatoms. The molecule has 2 heterocycles. The van der Waals surface area contributed by atoms with Gasteiger partial charge in [0.15, 0.2) is 0 Å². The number of carbonyl (C=O) groups excluding carboxylic acids is 2. The highest BCUT2D eigenvalue weighted by atomic mass is 32.1. The zero-order chi connectivity index (χ0) is 18.0. The summed E-state index contributed by atoms with van der Waals surface area (Å²) in [4.78, 5) is 25.8. The van der Waals surface area contributed by atoms with Crippen LogP contribution in [0.5, 0.6) is 0 Å². The van der Waals surface area contributed by atoms with Crippen molar-refractivity contribution in [1.82, 2.24) is 5.16 Å². The Hall–Kier alpha value is -2.15. The summed E-state index contributed by atoms with van der Waals surface area (Å²) in [6, 6.07) is 0. The van der Waals surface area contributed by atoms with Crippen molar-refractivity contribution in [2.75, 3.05) is 12.4 Å². The number of amides is 1. The Balaban J connectivity index is 1.74. The van der Waals surface area contributed by atoms with Gasteiger partial charge in [-0.15, -0.1) is 11.3 Å². The van der Waals surface area contributed by atoms with Crippen LogP contribution in [0.3, 0.4) is 0 Å². The summed E-state index contributed by atoms with van der Waals surface area (Å²) in [5.41, 5.74) is 3.36. The van der Waals surface area contributed by atoms with E-state index in [1.54, 1.807) is 0 Å². The molecule has 25 heavy (non-hydrogen) atoms. The van der Waals surface area contributed by atoms with Crippen LogP contribution in [0.4, 0.5) is 5.00 Å². The number of thiophene rings is 1. The first-order valence-electron chi connectivity index (χ1n) is 8.45. The molecule has 0 radical (unpaired) electrons. The molecule has 0 atom stereocenters. The quantitative estimate of drug-likeness (QED) is 0.822. The standard InChI is InChI=1S/C18H22N2O4S/c1-10-12(11(2)24-20-10)8-9-15(21)19-17-16(18(22)23-3)13-6-4-5-7-14(13)25-17/h4-9H2,1-3H3,(H,19,21). The van der Waals surface area contributed by atoms with Crippen molar-refractivity contribution in [1.29, 1.82) is 0 Å². The molecule has 0 aliphatic heterocycles. The molecule has 1 N–H and O–H groups in total. The number of nitrogens with zero attached hydrogens (tertiary/aromatic N) is 1. The number of ether oxygens (including phenoxy) is 1. The van der Waals surface area contributed by atoms with Gasteiger partial charge in [-0.2, -0.15) is 0 Å². The molecule has 0 unspecified atom stereocenters. The van der Waals surface area contributed by atoms with E-state index in [1.807, 2.05) is 13.8 Å². The average molecular weight is 362 g/mol. The second-order valence-corrected chi connectivity index (χ2v) is 7.36. The van der Waals surface area contributed by atoms with Crippen LogP contribution in [0.2, 0.25) is 0 Å². The van der Waals surface area contributed by atoms with E-state index in [2.05, 4.69) is 10.5 Å². The summed E-state index contributed by atoms with van der Waals surface area (Å²) in [5.74, 6) is 0.247. The molecule has 0 spiro atoms. The van der Waals surface area contributed by atoms with Gasteiger partial charge in [-0.25, -0.2) is 4.79 Å². The van der Waals surface area contributed by atoms with Crippen LogP contribution in [0.1, 0.15) is 57.1 Å². The minimum Gasteiger partial charge on any atom is -0.465 e. The van der Waals surface area contributed by atoms with E-state index < -0.39 is 0 Å². The van der Waals surface area contributed by atoms with E-state index in [4.69, 9.17) is 9.26 Å². The Bertz CT molecular complexity index is 787. The van der Waals surface area contributed by atoms with Gasteiger partial charge in [-0.1, -0.05) is 5.16 Å². The van der Waals surface area contributed by atoms with Crippen LogP contribution in [0.15, 0.2) is 4.52 Å². The lowest BCUT2D eigenvalue weighted by atomic mass is 9.95. The van der Waals surface area contributed by atoms with Gasteiger partial charge in [0.25, 0.3) is 0 Å². The van der Waals surface area contributed by atoms with Gasteiger partial charge < -0.3 is 14.6 Å². The van der Waals surface area contributed by atoms with Gasteiger partial charge in [0.1, 0.15) is 10.8 Å². The van der Waals surface area contributed by atoms with Crippen molar-refractivity contribution in [2.24, 2.45) is 0 Å². The highest BCUT2D eigenvalue weighted by Crippen LogP contribution is 2.38. The van der Waals surface area contributed by atoms with Crippen molar-refractivity contribution < 1.29 is 18.8 Å². The molecule has 6 nitrogen and oxygen atoms in total. The number of rotatable bonds is 5. The number of esters is 1. The Labute approximate surface area is 150 Å². The first-order valence-corrected chi connectivity index (χ1v) is 9.27. The fourth-order valence-corrected chi connectivity index (χ4v) is 4.55. The number of anilines is 1. The highest BCUT2D eigenvalue weighted by Gasteiger charge is 2.26. The molecule has 1 aliphatic rings. The molecule has 1 amide bonds. The number of nitrogens with one attached hydrogen (secondary N) is 1. The summed E-state index contributed by atoms with van der Waals surface area (Å²) >= 11 is 1.50. The van der Waals surface area contributed by atoms with Crippen LogP contribution >= 0.6 is 11.3 Å². The number of methoxy groups -OCH3 is 1. The van der Waals surface area contributed by atoms with Crippen LogP contribution < -0.4 is 5.32 Å². The van der Waals surface area contributed by atoms with Crippen molar-refractivity contribution in [3.8, 4) is 0 Å². The summed E-state index contributed by atoms with van der Waals surface area (Å²) < 4.78 is 10.1. The maximum atomic E-state index is 12.4. The molecule has 3 rings (SSSR count).